The zero-order valence-corrected chi connectivity index (χ0v) is 21.3. The first kappa shape index (κ1) is 24.8. The number of aryl methyl sites for hydroxylation is 2. The van der Waals surface area contributed by atoms with Crippen LogP contribution in [0.1, 0.15) is 40.2 Å². The van der Waals surface area contributed by atoms with Gasteiger partial charge in [0.1, 0.15) is 5.69 Å². The number of carbonyl (C=O) groups excluding carboxylic acids is 1. The molecule has 1 amide bonds. The maximum absolute atomic E-state index is 13.3. The fourth-order valence-corrected chi connectivity index (χ4v) is 4.87. The molecule has 0 saturated carbocycles. The molecule has 1 atom stereocenters. The molecule has 0 radical (unpaired) electrons. The van der Waals surface area contributed by atoms with Gasteiger partial charge in [-0.15, -0.1) is 0 Å². The third kappa shape index (κ3) is 6.10. The molecule has 2 N–H and O–H groups in total. The van der Waals surface area contributed by atoms with E-state index in [1.54, 1.807) is 6.20 Å². The summed E-state index contributed by atoms with van der Waals surface area (Å²) in [5, 5.41) is 13.2. The summed E-state index contributed by atoms with van der Waals surface area (Å²) in [6.07, 6.45) is 5.15. The lowest BCUT2D eigenvalue weighted by molar-refractivity contribution is 0.0668. The summed E-state index contributed by atoms with van der Waals surface area (Å²) in [5.74, 6) is -0.254. The van der Waals surface area contributed by atoms with Gasteiger partial charge in [0.25, 0.3) is 5.91 Å². The molecule has 3 heterocycles. The summed E-state index contributed by atoms with van der Waals surface area (Å²) in [7, 11) is 0. The molecule has 37 heavy (non-hydrogen) atoms. The van der Waals surface area contributed by atoms with E-state index in [0.717, 1.165) is 58.5 Å². The lowest BCUT2D eigenvalue weighted by Gasteiger charge is -2.30. The van der Waals surface area contributed by atoms with Crippen molar-refractivity contribution in [2.45, 2.75) is 39.3 Å². The summed E-state index contributed by atoms with van der Waals surface area (Å²) in [4.78, 5) is 24.5. The van der Waals surface area contributed by atoms with E-state index in [1.807, 2.05) is 80.7 Å². The number of carbonyl (C=O) groups is 1. The van der Waals surface area contributed by atoms with Crippen molar-refractivity contribution in [2.75, 3.05) is 18.4 Å². The number of β-amino-alcohol motifs (C(OH)–C–C–N with tert-alkyl or cyclic N) is 1. The van der Waals surface area contributed by atoms with Crippen LogP contribution in [0.15, 0.2) is 79.1 Å². The molecule has 1 aliphatic rings. The molecule has 6 heteroatoms. The van der Waals surface area contributed by atoms with Crippen LogP contribution in [-0.4, -0.2) is 45.1 Å². The van der Waals surface area contributed by atoms with E-state index in [2.05, 4.69) is 26.3 Å². The van der Waals surface area contributed by atoms with Crippen molar-refractivity contribution in [2.24, 2.45) is 0 Å². The number of nitrogens with one attached hydrogen (secondary N) is 1. The van der Waals surface area contributed by atoms with Gasteiger partial charge >= 0.3 is 0 Å². The van der Waals surface area contributed by atoms with Gasteiger partial charge in [0.2, 0.25) is 0 Å². The first-order valence-corrected chi connectivity index (χ1v) is 12.8. The number of nitrogens with zero attached hydrogens (tertiary/aromatic N) is 3. The van der Waals surface area contributed by atoms with Gasteiger partial charge in [-0.3, -0.25) is 19.7 Å². The molecule has 4 aromatic rings. The monoisotopic (exact) mass is 492 g/mol. The van der Waals surface area contributed by atoms with Crippen LogP contribution in [0.4, 0.5) is 5.69 Å². The van der Waals surface area contributed by atoms with E-state index in [-0.39, 0.29) is 12.0 Å². The number of aliphatic hydroxyl groups is 1. The summed E-state index contributed by atoms with van der Waals surface area (Å²) >= 11 is 0. The number of piperidine rings is 1. The number of rotatable bonds is 6. The van der Waals surface area contributed by atoms with Crippen molar-refractivity contribution in [3.63, 3.8) is 0 Å². The minimum absolute atomic E-state index is 0.254. The molecular formula is C31H32N4O2. The Balaban J connectivity index is 1.44. The minimum atomic E-state index is -0.288. The number of amides is 1. The van der Waals surface area contributed by atoms with Crippen molar-refractivity contribution >= 4 is 11.6 Å². The van der Waals surface area contributed by atoms with Crippen molar-refractivity contribution in [3.05, 3.63) is 102 Å². The molecule has 2 aromatic heterocycles. The summed E-state index contributed by atoms with van der Waals surface area (Å²) < 4.78 is 0. The van der Waals surface area contributed by atoms with Crippen LogP contribution in [0.2, 0.25) is 0 Å². The number of aliphatic hydroxyl groups excluding tert-OH is 1. The number of hydrogen-bond donors (Lipinski definition) is 2. The van der Waals surface area contributed by atoms with Crippen LogP contribution < -0.4 is 5.32 Å². The first-order valence-electron chi connectivity index (χ1n) is 12.8. The zero-order valence-electron chi connectivity index (χ0n) is 21.3. The van der Waals surface area contributed by atoms with Crippen molar-refractivity contribution in [3.8, 4) is 22.3 Å². The van der Waals surface area contributed by atoms with Gasteiger partial charge in [0, 0.05) is 42.4 Å². The Kier molecular flexibility index (Phi) is 7.40. The van der Waals surface area contributed by atoms with Crippen molar-refractivity contribution in [1.82, 2.24) is 14.9 Å². The number of hydrogen-bond acceptors (Lipinski definition) is 5. The van der Waals surface area contributed by atoms with E-state index in [9.17, 15) is 9.90 Å². The predicted octanol–water partition coefficient (Wildman–Crippen LogP) is 5.64. The SMILES string of the molecule is Cc1ccc(-c2cc(CN3CCC[C@H](O)C3)cc(NC(=O)c3cc(-c4ccccc4)c(C)cn3)c2)cn1. The Morgan fingerprint density at radius 3 is 2.57 bits per heavy atom. The van der Waals surface area contributed by atoms with Crippen molar-refractivity contribution in [1.29, 1.82) is 0 Å². The number of anilines is 1. The first-order chi connectivity index (χ1) is 17.9. The third-order valence-electron chi connectivity index (χ3n) is 6.80. The maximum Gasteiger partial charge on any atom is 0.274 e. The standard InChI is InChI=1S/C31H32N4O2/c1-21-17-33-30(16-29(21)24-7-4-3-5-8-24)31(37)34-27-14-23(19-35-12-6-9-28(36)20-35)13-26(15-27)25-11-10-22(2)32-18-25/h3-5,7-8,10-11,13-18,28,36H,6,9,12,19-20H2,1-2H3,(H,34,37)/t28-/m0/s1. The molecule has 1 fully saturated rings. The minimum Gasteiger partial charge on any atom is -0.392 e. The van der Waals surface area contributed by atoms with Gasteiger partial charge in [-0.2, -0.15) is 0 Å². The molecule has 1 aliphatic heterocycles. The Morgan fingerprint density at radius 2 is 1.81 bits per heavy atom. The van der Waals surface area contributed by atoms with Crippen LogP contribution in [0.5, 0.6) is 0 Å². The van der Waals surface area contributed by atoms with E-state index in [1.165, 1.54) is 0 Å². The number of aromatic nitrogens is 2. The second kappa shape index (κ2) is 11.0. The Hall–Kier alpha value is -3.87. The zero-order chi connectivity index (χ0) is 25.8. The average Bonchev–Trinajstić information content (AvgIpc) is 2.90. The van der Waals surface area contributed by atoms with E-state index >= 15 is 0 Å². The maximum atomic E-state index is 13.3. The Bertz CT molecular complexity index is 1390. The molecule has 188 valence electrons. The summed E-state index contributed by atoms with van der Waals surface area (Å²) in [5.41, 5.74) is 8.14. The molecule has 0 aliphatic carbocycles. The number of benzene rings is 2. The van der Waals surface area contributed by atoms with Crippen LogP contribution in [-0.2, 0) is 6.54 Å². The van der Waals surface area contributed by atoms with Gasteiger partial charge in [-0.05, 0) is 91.4 Å². The molecule has 2 aromatic carbocycles. The topological polar surface area (TPSA) is 78.4 Å². The molecule has 1 saturated heterocycles. The molecular weight excluding hydrogens is 460 g/mol. The van der Waals surface area contributed by atoms with Crippen molar-refractivity contribution < 1.29 is 9.90 Å². The smallest absolute Gasteiger partial charge is 0.274 e. The highest BCUT2D eigenvalue weighted by Gasteiger charge is 2.19. The fraction of sp³-hybridized carbons (Fsp3) is 0.258. The number of pyridine rings is 2. The fourth-order valence-electron chi connectivity index (χ4n) is 4.87. The lowest BCUT2D eigenvalue weighted by atomic mass is 10.0. The number of likely N-dealkylation sites (tertiary alicyclic amines) is 1. The van der Waals surface area contributed by atoms with E-state index in [0.29, 0.717) is 24.5 Å². The van der Waals surface area contributed by atoms with Crippen LogP contribution in [0.3, 0.4) is 0 Å². The summed E-state index contributed by atoms with van der Waals surface area (Å²) in [6.45, 7) is 6.28. The van der Waals surface area contributed by atoms with Crippen LogP contribution in [0.25, 0.3) is 22.3 Å². The third-order valence-corrected chi connectivity index (χ3v) is 6.80. The molecule has 0 unspecified atom stereocenters. The molecule has 5 rings (SSSR count). The van der Waals surface area contributed by atoms with Gasteiger partial charge in [-0.25, -0.2) is 0 Å². The van der Waals surface area contributed by atoms with E-state index in [4.69, 9.17) is 0 Å². The molecule has 6 nitrogen and oxygen atoms in total. The summed E-state index contributed by atoms with van der Waals surface area (Å²) in [6, 6.07) is 22.0. The van der Waals surface area contributed by atoms with Crippen LogP contribution in [0, 0.1) is 13.8 Å². The molecule has 0 bridgehead atoms. The van der Waals surface area contributed by atoms with Crippen LogP contribution >= 0.6 is 0 Å². The normalized spacial score (nSPS) is 15.9. The van der Waals surface area contributed by atoms with Gasteiger partial charge in [-0.1, -0.05) is 36.4 Å². The Labute approximate surface area is 218 Å². The highest BCUT2D eigenvalue weighted by Crippen LogP contribution is 2.28. The highest BCUT2D eigenvalue weighted by atomic mass is 16.3. The molecule has 0 spiro atoms. The van der Waals surface area contributed by atoms with Gasteiger partial charge in [0.15, 0.2) is 0 Å². The quantitative estimate of drug-likeness (QED) is 0.364. The highest BCUT2D eigenvalue weighted by molar-refractivity contribution is 6.04. The predicted molar refractivity (Wildman–Crippen MR) is 147 cm³/mol. The second-order valence-electron chi connectivity index (χ2n) is 9.84. The second-order valence-corrected chi connectivity index (χ2v) is 9.84. The van der Waals surface area contributed by atoms with Gasteiger partial charge in [0.05, 0.1) is 6.10 Å². The van der Waals surface area contributed by atoms with Gasteiger partial charge < -0.3 is 10.4 Å². The largest absolute Gasteiger partial charge is 0.392 e. The Morgan fingerprint density at radius 1 is 0.973 bits per heavy atom. The van der Waals surface area contributed by atoms with E-state index < -0.39 is 0 Å². The average molecular weight is 493 g/mol. The lowest BCUT2D eigenvalue weighted by Crippen LogP contribution is -2.37.